The second-order valence-corrected chi connectivity index (χ2v) is 23.8. The smallest absolute Gasteiger partial charge is 0.307 e. The summed E-state index contributed by atoms with van der Waals surface area (Å²) in [6.07, 6.45) is 39.5. The Hall–Kier alpha value is -1.26. The van der Waals surface area contributed by atoms with Gasteiger partial charge in [0.25, 0.3) is 0 Å². The third-order valence-corrected chi connectivity index (χ3v) is 19.9. The van der Waals surface area contributed by atoms with Gasteiger partial charge in [0.2, 0.25) is 5.91 Å². The van der Waals surface area contributed by atoms with Crippen LogP contribution in [0.5, 0.6) is 0 Å². The van der Waals surface area contributed by atoms with Gasteiger partial charge >= 0.3 is 5.97 Å². The Labute approximate surface area is 382 Å². The molecule has 1 amide bonds. The van der Waals surface area contributed by atoms with E-state index in [0.29, 0.717) is 66.6 Å². The molecule has 8 saturated carbocycles. The van der Waals surface area contributed by atoms with Crippen molar-refractivity contribution in [2.24, 2.45) is 58.7 Å². The van der Waals surface area contributed by atoms with Gasteiger partial charge in [0, 0.05) is 24.0 Å². The number of hydrogen-bond acceptors (Lipinski definition) is 7. The molecule has 6 atom stereocenters. The Morgan fingerprint density at radius 3 is 1.46 bits per heavy atom. The van der Waals surface area contributed by atoms with E-state index in [-0.39, 0.29) is 24.0 Å². The fourth-order valence-corrected chi connectivity index (χ4v) is 15.7. The van der Waals surface area contributed by atoms with Crippen molar-refractivity contribution in [3.05, 3.63) is 0 Å². The minimum Gasteiger partial charge on any atom is -0.481 e. The lowest BCUT2D eigenvalue weighted by molar-refractivity contribution is -0.255. The number of carboxylic acids is 1. The highest BCUT2D eigenvalue weighted by molar-refractivity contribution is 5.85. The Balaban J connectivity index is 0.688. The van der Waals surface area contributed by atoms with Crippen LogP contribution in [0.3, 0.4) is 0 Å². The second-order valence-electron chi connectivity index (χ2n) is 23.8. The summed E-state index contributed by atoms with van der Waals surface area (Å²) in [6, 6.07) is 1.18. The zero-order valence-corrected chi connectivity index (χ0v) is 40.0. The average molecular weight is 881 g/mol. The quantitative estimate of drug-likeness (QED) is 0.0946. The number of aliphatic carboxylic acids is 1. The highest BCUT2D eigenvalue weighted by Crippen LogP contribution is 2.50. The van der Waals surface area contributed by atoms with E-state index in [1.165, 1.54) is 161 Å². The number of amides is 1. The van der Waals surface area contributed by atoms with Gasteiger partial charge in [-0.1, -0.05) is 78.1 Å². The maximum absolute atomic E-state index is 13.5. The molecule has 6 unspecified atom stereocenters. The topological polar surface area (TPSA) is 126 Å². The monoisotopic (exact) mass is 881 g/mol. The number of ether oxygens (including phenoxy) is 2. The minimum atomic E-state index is -0.775. The van der Waals surface area contributed by atoms with Crippen molar-refractivity contribution in [2.45, 2.75) is 262 Å². The van der Waals surface area contributed by atoms with Gasteiger partial charge in [-0.05, 0) is 182 Å². The lowest BCUT2D eigenvalue weighted by atomic mass is 9.60. The van der Waals surface area contributed by atoms with Crippen LogP contribution >= 0.6 is 0 Å². The molecular formula is C54H92N2O7. The van der Waals surface area contributed by atoms with Gasteiger partial charge < -0.3 is 25.2 Å². The van der Waals surface area contributed by atoms with Crippen molar-refractivity contribution < 1.29 is 34.3 Å². The highest BCUT2D eigenvalue weighted by Gasteiger charge is 2.44. The van der Waals surface area contributed by atoms with Gasteiger partial charge in [-0.2, -0.15) is 0 Å². The van der Waals surface area contributed by atoms with Gasteiger partial charge in [0.15, 0.2) is 0 Å². The van der Waals surface area contributed by atoms with Crippen LogP contribution in [0.2, 0.25) is 0 Å². The summed E-state index contributed by atoms with van der Waals surface area (Å²) in [7, 11) is 0. The van der Waals surface area contributed by atoms with Gasteiger partial charge in [-0.15, -0.1) is 0 Å². The fraction of sp³-hybridized carbons (Fsp3) is 0.963. The van der Waals surface area contributed by atoms with E-state index in [1.54, 1.807) is 0 Å². The molecule has 0 radical (unpaired) electrons. The van der Waals surface area contributed by atoms with Gasteiger partial charge in [0.1, 0.15) is 0 Å². The number of hydrogen-bond donors (Lipinski definition) is 4. The number of nitrogens with one attached hydrogen (secondary N) is 2. The summed E-state index contributed by atoms with van der Waals surface area (Å²) in [4.78, 5) is 30.6. The first kappa shape index (κ1) is 48.2. The van der Waals surface area contributed by atoms with Crippen LogP contribution < -0.4 is 10.6 Å². The molecule has 63 heavy (non-hydrogen) atoms. The molecule has 360 valence electrons. The van der Waals surface area contributed by atoms with Crippen molar-refractivity contribution in [1.82, 2.24) is 10.6 Å². The van der Waals surface area contributed by atoms with E-state index < -0.39 is 11.9 Å². The molecule has 0 aliphatic heterocycles. The molecule has 0 aromatic heterocycles. The number of carbonyl (C=O) groups excluding carboxylic acids is 1. The Kier molecular flexibility index (Phi) is 17.7. The summed E-state index contributed by atoms with van der Waals surface area (Å²) >= 11 is 0. The lowest BCUT2D eigenvalue weighted by Gasteiger charge is -2.47. The lowest BCUT2D eigenvalue weighted by Crippen LogP contribution is -2.49. The van der Waals surface area contributed by atoms with Gasteiger partial charge in [0.05, 0.1) is 42.9 Å². The number of rotatable bonds is 15. The zero-order chi connectivity index (χ0) is 43.8. The largest absolute Gasteiger partial charge is 0.481 e. The van der Waals surface area contributed by atoms with Gasteiger partial charge in [-0.3, -0.25) is 14.8 Å². The predicted octanol–water partition coefficient (Wildman–Crippen LogP) is 12.0. The standard InChI is InChI=1S/C54H92N2O7/c1-54(2,41-15-23-45(24-16-41)62-47-27-19-43(20-28-47)55-51-32-14-38(33-40(51)35-61-60)36-9-5-3-6-10-36)42-17-25-46(26-18-42)63-48-29-21-44(22-30-48)56-52(57)49-31-13-39(34-50(49)53(58)59)37-11-7-4-8-12-37/h36-51,55,60H,3-35H2,1-2H3,(H,56,57)(H,58,59). The molecular weight excluding hydrogens is 789 g/mol. The molecule has 0 aromatic rings. The van der Waals surface area contributed by atoms with Crippen LogP contribution in [0.25, 0.3) is 0 Å². The summed E-state index contributed by atoms with van der Waals surface area (Å²) < 4.78 is 13.6. The molecule has 0 aromatic carbocycles. The Bertz CT molecular complexity index is 1380. The minimum absolute atomic E-state index is 0.0103. The maximum Gasteiger partial charge on any atom is 0.307 e. The summed E-state index contributed by atoms with van der Waals surface area (Å²) in [6.45, 7) is 5.60. The zero-order valence-electron chi connectivity index (χ0n) is 40.0. The molecule has 8 aliphatic carbocycles. The number of carbonyl (C=O) groups is 2. The summed E-state index contributed by atoms with van der Waals surface area (Å²) in [5.74, 6) is 3.10. The highest BCUT2D eigenvalue weighted by atomic mass is 17.1. The van der Waals surface area contributed by atoms with Crippen molar-refractivity contribution in [3.8, 4) is 0 Å². The van der Waals surface area contributed by atoms with Crippen LogP contribution in [0.15, 0.2) is 0 Å². The van der Waals surface area contributed by atoms with Crippen LogP contribution in [0, 0.1) is 58.7 Å². The molecule has 8 rings (SSSR count). The Morgan fingerprint density at radius 2 is 0.968 bits per heavy atom. The molecule has 9 nitrogen and oxygen atoms in total. The first-order chi connectivity index (χ1) is 30.6. The third-order valence-electron chi connectivity index (χ3n) is 19.9. The van der Waals surface area contributed by atoms with E-state index in [0.717, 1.165) is 62.2 Å². The second kappa shape index (κ2) is 23.2. The van der Waals surface area contributed by atoms with E-state index in [4.69, 9.17) is 14.4 Å². The van der Waals surface area contributed by atoms with Gasteiger partial charge in [-0.25, -0.2) is 4.89 Å². The van der Waals surface area contributed by atoms with E-state index in [1.807, 2.05) is 0 Å². The van der Waals surface area contributed by atoms with Crippen molar-refractivity contribution >= 4 is 11.9 Å². The van der Waals surface area contributed by atoms with E-state index in [2.05, 4.69) is 24.5 Å². The normalized spacial score (nSPS) is 40.6. The van der Waals surface area contributed by atoms with Crippen LogP contribution in [-0.4, -0.2) is 71.4 Å². The molecule has 8 aliphatic rings. The third kappa shape index (κ3) is 12.8. The first-order valence-electron chi connectivity index (χ1n) is 27.5. The van der Waals surface area contributed by atoms with E-state index in [9.17, 15) is 20.0 Å². The Morgan fingerprint density at radius 1 is 0.508 bits per heavy atom. The van der Waals surface area contributed by atoms with E-state index >= 15 is 0 Å². The first-order valence-corrected chi connectivity index (χ1v) is 27.5. The molecule has 4 N–H and O–H groups in total. The van der Waals surface area contributed by atoms with Crippen LogP contribution in [0.4, 0.5) is 0 Å². The summed E-state index contributed by atoms with van der Waals surface area (Å²) in [5.41, 5.74) is 0.346. The fourth-order valence-electron chi connectivity index (χ4n) is 15.7. The molecule has 0 spiro atoms. The van der Waals surface area contributed by atoms with Crippen LogP contribution in [0.1, 0.15) is 219 Å². The summed E-state index contributed by atoms with van der Waals surface area (Å²) in [5, 5.41) is 26.9. The molecule has 8 fully saturated rings. The molecule has 0 heterocycles. The molecule has 9 heteroatoms. The predicted molar refractivity (Wildman–Crippen MR) is 249 cm³/mol. The van der Waals surface area contributed by atoms with Crippen molar-refractivity contribution in [1.29, 1.82) is 0 Å². The SMILES string of the molecule is CC(C)(C1CCC(OC2CCC(NC(=O)C3CCC(C4CCCCC4)CC3C(=O)O)CC2)CC1)C1CCC(OC2CCC(NC3CCC(C4CCCCC4)CC3COO)CC2)CC1. The van der Waals surface area contributed by atoms with Crippen LogP contribution in [-0.2, 0) is 24.0 Å². The maximum atomic E-state index is 13.5. The van der Waals surface area contributed by atoms with Crippen molar-refractivity contribution in [2.75, 3.05) is 6.61 Å². The van der Waals surface area contributed by atoms with Crippen molar-refractivity contribution in [3.63, 3.8) is 0 Å². The molecule has 0 saturated heterocycles. The molecule has 0 bridgehead atoms. The average Bonchev–Trinajstić information content (AvgIpc) is 3.31. The number of carboxylic acid groups (broad SMARTS) is 1.